The second kappa shape index (κ2) is 11.2. The highest BCUT2D eigenvalue weighted by Gasteiger charge is 2.28. The van der Waals surface area contributed by atoms with E-state index < -0.39 is 10.0 Å². The molecule has 0 aromatic heterocycles. The van der Waals surface area contributed by atoms with Gasteiger partial charge in [0.05, 0.1) is 10.5 Å². The average Bonchev–Trinajstić information content (AvgIpc) is 2.89. The third-order valence-electron chi connectivity index (χ3n) is 6.09. The molecule has 0 spiro atoms. The predicted molar refractivity (Wildman–Crippen MR) is 137 cm³/mol. The van der Waals surface area contributed by atoms with Gasteiger partial charge in [-0.25, -0.2) is 8.42 Å². The summed E-state index contributed by atoms with van der Waals surface area (Å²) < 4.78 is 29.3. The third-order valence-corrected chi connectivity index (χ3v) is 8.67. The summed E-state index contributed by atoms with van der Waals surface area (Å²) in [6, 6.07) is 24.1. The maximum Gasteiger partial charge on any atom is 0.255 e. The molecule has 0 aliphatic carbocycles. The summed E-state index contributed by atoms with van der Waals surface area (Å²) in [5.74, 6) is -0.0845. The molecule has 34 heavy (non-hydrogen) atoms. The van der Waals surface area contributed by atoms with Gasteiger partial charge in [-0.05, 0) is 54.8 Å². The predicted octanol–water partition coefficient (Wildman–Crippen LogP) is 5.43. The van der Waals surface area contributed by atoms with Gasteiger partial charge in [0.2, 0.25) is 10.0 Å². The summed E-state index contributed by atoms with van der Waals surface area (Å²) in [4.78, 5) is 16.1. The average molecular weight is 495 g/mol. The lowest BCUT2D eigenvalue weighted by Gasteiger charge is -2.28. The molecular weight excluding hydrogens is 464 g/mol. The Labute approximate surface area is 206 Å². The lowest BCUT2D eigenvalue weighted by Crippen LogP contribution is -2.36. The number of benzene rings is 3. The first-order valence-electron chi connectivity index (χ1n) is 11.5. The second-order valence-corrected chi connectivity index (χ2v) is 11.2. The first-order valence-corrected chi connectivity index (χ1v) is 14.2. The molecule has 0 bridgehead atoms. The molecule has 0 unspecified atom stereocenters. The van der Waals surface area contributed by atoms with Gasteiger partial charge >= 0.3 is 0 Å². The molecule has 0 N–H and O–H groups in total. The molecule has 1 amide bonds. The van der Waals surface area contributed by atoms with Crippen molar-refractivity contribution >= 4 is 27.7 Å². The SMILES string of the molecule is CSc1ccc(S(=O)(=O)N(Cc2ccccc2)Cc2ccccc2)cc1C(=O)N1CCCCC1. The number of amides is 1. The summed E-state index contributed by atoms with van der Waals surface area (Å²) in [7, 11) is -3.86. The lowest BCUT2D eigenvalue weighted by atomic mass is 10.1. The van der Waals surface area contributed by atoms with E-state index in [0.29, 0.717) is 5.56 Å². The largest absolute Gasteiger partial charge is 0.339 e. The van der Waals surface area contributed by atoms with Gasteiger partial charge in [0, 0.05) is 31.1 Å². The molecular formula is C27H30N2O3S2. The Morgan fingerprint density at radius 2 is 1.41 bits per heavy atom. The Kier molecular flexibility index (Phi) is 8.08. The normalized spacial score (nSPS) is 14.4. The molecule has 0 saturated carbocycles. The number of carbonyl (C=O) groups is 1. The van der Waals surface area contributed by atoms with Gasteiger partial charge in [-0.3, -0.25) is 4.79 Å². The van der Waals surface area contributed by atoms with Gasteiger partial charge in [-0.15, -0.1) is 11.8 Å². The van der Waals surface area contributed by atoms with Crippen LogP contribution < -0.4 is 0 Å². The molecule has 0 radical (unpaired) electrons. The fraction of sp³-hybridized carbons (Fsp3) is 0.296. The fourth-order valence-electron chi connectivity index (χ4n) is 4.23. The molecule has 3 aromatic carbocycles. The second-order valence-electron chi connectivity index (χ2n) is 8.46. The van der Waals surface area contributed by atoms with Crippen LogP contribution in [0.4, 0.5) is 0 Å². The number of thioether (sulfide) groups is 1. The number of rotatable bonds is 8. The van der Waals surface area contributed by atoms with Crippen molar-refractivity contribution in [3.8, 4) is 0 Å². The van der Waals surface area contributed by atoms with Crippen LogP contribution in [0.1, 0.15) is 40.7 Å². The molecule has 178 valence electrons. The number of sulfonamides is 1. The summed E-state index contributed by atoms with van der Waals surface area (Å²) in [5, 5.41) is 0. The van der Waals surface area contributed by atoms with Crippen molar-refractivity contribution in [3.05, 3.63) is 95.6 Å². The molecule has 1 fully saturated rings. The van der Waals surface area contributed by atoms with Gasteiger partial charge in [-0.2, -0.15) is 4.31 Å². The number of hydrogen-bond donors (Lipinski definition) is 0. The van der Waals surface area contributed by atoms with E-state index in [9.17, 15) is 13.2 Å². The van der Waals surface area contributed by atoms with Crippen molar-refractivity contribution in [1.29, 1.82) is 0 Å². The van der Waals surface area contributed by atoms with Crippen LogP contribution in [-0.2, 0) is 23.1 Å². The molecule has 1 aliphatic heterocycles. The smallest absolute Gasteiger partial charge is 0.255 e. The molecule has 4 rings (SSSR count). The van der Waals surface area contributed by atoms with Crippen LogP contribution >= 0.6 is 11.8 Å². The van der Waals surface area contributed by atoms with Crippen molar-refractivity contribution in [1.82, 2.24) is 9.21 Å². The molecule has 1 heterocycles. The van der Waals surface area contributed by atoms with Gasteiger partial charge in [0.15, 0.2) is 0 Å². The van der Waals surface area contributed by atoms with E-state index >= 15 is 0 Å². The Hall–Kier alpha value is -2.61. The number of nitrogens with zero attached hydrogens (tertiary/aromatic N) is 2. The van der Waals surface area contributed by atoms with Crippen LogP contribution in [0.5, 0.6) is 0 Å². The zero-order valence-electron chi connectivity index (χ0n) is 19.4. The fourth-order valence-corrected chi connectivity index (χ4v) is 6.24. The summed E-state index contributed by atoms with van der Waals surface area (Å²) >= 11 is 1.46. The highest BCUT2D eigenvalue weighted by Crippen LogP contribution is 2.29. The number of likely N-dealkylation sites (tertiary alicyclic amines) is 1. The highest BCUT2D eigenvalue weighted by molar-refractivity contribution is 7.98. The van der Waals surface area contributed by atoms with Crippen LogP contribution in [0.2, 0.25) is 0 Å². The van der Waals surface area contributed by atoms with Crippen molar-refractivity contribution in [2.75, 3.05) is 19.3 Å². The minimum absolute atomic E-state index is 0.0845. The summed E-state index contributed by atoms with van der Waals surface area (Å²) in [5.41, 5.74) is 2.29. The Balaban J connectivity index is 1.70. The van der Waals surface area contributed by atoms with E-state index in [1.807, 2.05) is 71.8 Å². The standard InChI is InChI=1S/C27H30N2O3S2/c1-33-26-16-15-24(19-25(26)27(30)28-17-9-4-10-18-28)34(31,32)29(20-22-11-5-2-6-12-22)21-23-13-7-3-8-14-23/h2-3,5-8,11-16,19H,4,9-10,17-18,20-21H2,1H3. The van der Waals surface area contributed by atoms with Crippen LogP contribution in [-0.4, -0.2) is 42.9 Å². The van der Waals surface area contributed by atoms with E-state index in [2.05, 4.69) is 0 Å². The minimum atomic E-state index is -3.86. The monoisotopic (exact) mass is 494 g/mol. The quantitative estimate of drug-likeness (QED) is 0.392. The third kappa shape index (κ3) is 5.71. The Morgan fingerprint density at radius 3 is 1.94 bits per heavy atom. The first-order chi connectivity index (χ1) is 16.5. The molecule has 3 aromatic rings. The van der Waals surface area contributed by atoms with Crippen LogP contribution in [0.25, 0.3) is 0 Å². The minimum Gasteiger partial charge on any atom is -0.339 e. The van der Waals surface area contributed by atoms with Crippen molar-refractivity contribution in [2.45, 2.75) is 42.1 Å². The maximum absolute atomic E-state index is 13.9. The summed E-state index contributed by atoms with van der Waals surface area (Å²) in [6.07, 6.45) is 5.01. The topological polar surface area (TPSA) is 57.7 Å². The first kappa shape index (κ1) is 24.5. The van der Waals surface area contributed by atoms with Crippen LogP contribution in [0, 0.1) is 0 Å². The van der Waals surface area contributed by atoms with Gasteiger partial charge in [0.25, 0.3) is 5.91 Å². The van der Waals surface area contributed by atoms with Crippen molar-refractivity contribution < 1.29 is 13.2 Å². The van der Waals surface area contributed by atoms with Gasteiger partial charge in [-0.1, -0.05) is 60.7 Å². The van der Waals surface area contributed by atoms with E-state index in [4.69, 9.17) is 0 Å². The van der Waals surface area contributed by atoms with Crippen LogP contribution in [0.3, 0.4) is 0 Å². The van der Waals surface area contributed by atoms with E-state index in [1.165, 1.54) is 16.1 Å². The number of piperidine rings is 1. The van der Waals surface area contributed by atoms with E-state index in [-0.39, 0.29) is 23.9 Å². The zero-order chi connectivity index (χ0) is 24.0. The van der Waals surface area contributed by atoms with E-state index in [1.54, 1.807) is 18.2 Å². The van der Waals surface area contributed by atoms with Crippen molar-refractivity contribution in [3.63, 3.8) is 0 Å². The molecule has 7 heteroatoms. The van der Waals surface area contributed by atoms with Crippen molar-refractivity contribution in [2.24, 2.45) is 0 Å². The summed E-state index contributed by atoms with van der Waals surface area (Å²) in [6.45, 7) is 1.94. The molecule has 0 atom stereocenters. The van der Waals surface area contributed by atoms with Gasteiger partial charge < -0.3 is 4.90 Å². The Morgan fingerprint density at radius 1 is 0.853 bits per heavy atom. The molecule has 1 aliphatic rings. The van der Waals surface area contributed by atoms with Crippen LogP contribution in [0.15, 0.2) is 88.7 Å². The number of hydrogen-bond acceptors (Lipinski definition) is 4. The lowest BCUT2D eigenvalue weighted by molar-refractivity contribution is 0.0720. The highest BCUT2D eigenvalue weighted by atomic mass is 32.2. The Bertz CT molecular complexity index is 1170. The van der Waals surface area contributed by atoms with E-state index in [0.717, 1.165) is 48.4 Å². The van der Waals surface area contributed by atoms with Gasteiger partial charge in [0.1, 0.15) is 0 Å². The molecule has 5 nitrogen and oxygen atoms in total. The maximum atomic E-state index is 13.9. The zero-order valence-corrected chi connectivity index (χ0v) is 21.0. The number of carbonyl (C=O) groups excluding carboxylic acids is 1. The molecule has 1 saturated heterocycles.